The molecule has 198 valence electrons. The van der Waals surface area contributed by atoms with Crippen molar-refractivity contribution in [1.82, 2.24) is 10.6 Å². The van der Waals surface area contributed by atoms with Crippen LogP contribution in [0.5, 0.6) is 0 Å². The van der Waals surface area contributed by atoms with Gasteiger partial charge in [0.25, 0.3) is 0 Å². The summed E-state index contributed by atoms with van der Waals surface area (Å²) in [6, 6.07) is -0.116. The van der Waals surface area contributed by atoms with E-state index in [0.29, 0.717) is 13.0 Å². The summed E-state index contributed by atoms with van der Waals surface area (Å²) < 4.78 is 45.5. The number of rotatable bonds is 8. The molecular weight excluding hydrogens is 445 g/mol. The minimum absolute atomic E-state index is 0.00680. The molecule has 34 heavy (non-hydrogen) atoms. The van der Waals surface area contributed by atoms with Crippen LogP contribution in [0.15, 0.2) is 9.98 Å². The maximum absolute atomic E-state index is 13.5. The fourth-order valence-electron chi connectivity index (χ4n) is 3.88. The highest BCUT2D eigenvalue weighted by Crippen LogP contribution is 2.38. The Morgan fingerprint density at radius 1 is 1.18 bits per heavy atom. The number of aliphatic imine (C=N–C) groups is 2. The van der Waals surface area contributed by atoms with Gasteiger partial charge in [0.1, 0.15) is 0 Å². The second-order valence-corrected chi connectivity index (χ2v) is 11.5. The van der Waals surface area contributed by atoms with Crippen molar-refractivity contribution in [2.45, 2.75) is 106 Å². The molecule has 1 fully saturated rings. The molecule has 5 unspecified atom stereocenters. The second kappa shape index (κ2) is 11.9. The molecule has 0 aromatic rings. The van der Waals surface area contributed by atoms with Gasteiger partial charge in [-0.05, 0) is 37.0 Å². The van der Waals surface area contributed by atoms with E-state index in [4.69, 9.17) is 4.74 Å². The number of hydrogen-bond donors (Lipinski definition) is 2. The van der Waals surface area contributed by atoms with Gasteiger partial charge in [-0.3, -0.25) is 20.1 Å². The topological polar surface area (TPSA) is 75.1 Å². The number of hydrogen-bond acceptors (Lipinski definition) is 4. The van der Waals surface area contributed by atoms with Crippen molar-refractivity contribution in [3.05, 3.63) is 0 Å². The predicted molar refractivity (Wildman–Crippen MR) is 132 cm³/mol. The quantitative estimate of drug-likeness (QED) is 0.355. The Hall–Kier alpha value is -1.64. The first-order valence-electron chi connectivity index (χ1n) is 12.2. The number of nitrogens with one attached hydrogen (secondary N) is 2. The van der Waals surface area contributed by atoms with Gasteiger partial charge in [-0.1, -0.05) is 54.9 Å². The Kier molecular flexibility index (Phi) is 10.6. The molecule has 2 N–H and O–H groups in total. The number of carbonyl (C=O) groups is 1. The Morgan fingerprint density at radius 2 is 1.76 bits per heavy atom. The summed E-state index contributed by atoms with van der Waals surface area (Å²) in [6.45, 7) is 18.5. The van der Waals surface area contributed by atoms with Gasteiger partial charge in [0.05, 0.1) is 12.0 Å². The van der Waals surface area contributed by atoms with Gasteiger partial charge in [-0.25, -0.2) is 0 Å². The van der Waals surface area contributed by atoms with Gasteiger partial charge in [0.15, 0.2) is 12.1 Å². The summed E-state index contributed by atoms with van der Waals surface area (Å²) in [6.07, 6.45) is -5.80. The van der Waals surface area contributed by atoms with Crippen LogP contribution in [0.3, 0.4) is 0 Å². The number of nitrogens with zero attached hydrogens (tertiary/aromatic N) is 2. The third-order valence-corrected chi connectivity index (χ3v) is 6.91. The zero-order chi connectivity index (χ0) is 26.5. The van der Waals surface area contributed by atoms with E-state index >= 15 is 0 Å². The molecule has 0 radical (unpaired) electrons. The fraction of sp³-hybridized carbons (Fsp3) is 0.880. The van der Waals surface area contributed by atoms with E-state index in [1.165, 1.54) is 0 Å². The van der Waals surface area contributed by atoms with E-state index < -0.39 is 30.2 Å². The molecule has 0 aromatic carbocycles. The van der Waals surface area contributed by atoms with Crippen LogP contribution in [0, 0.1) is 22.7 Å². The number of alkyl halides is 3. The molecule has 1 amide bonds. The molecule has 0 aromatic heterocycles. The molecular formula is C25H45F3N4O2. The summed E-state index contributed by atoms with van der Waals surface area (Å²) in [5, 5.41) is 6.05. The Bertz CT molecular complexity index is 741. The second-order valence-electron chi connectivity index (χ2n) is 11.5. The van der Waals surface area contributed by atoms with Crippen molar-refractivity contribution in [2.75, 3.05) is 13.6 Å². The normalized spacial score (nSPS) is 24.7. The van der Waals surface area contributed by atoms with Crippen molar-refractivity contribution in [3.8, 4) is 0 Å². The minimum Gasteiger partial charge on any atom is -0.365 e. The predicted octanol–water partition coefficient (Wildman–Crippen LogP) is 5.37. The maximum Gasteiger partial charge on any atom is 0.415 e. The average molecular weight is 491 g/mol. The van der Waals surface area contributed by atoms with Gasteiger partial charge >= 0.3 is 6.18 Å². The van der Waals surface area contributed by atoms with Crippen molar-refractivity contribution in [1.29, 1.82) is 0 Å². The summed E-state index contributed by atoms with van der Waals surface area (Å²) in [5.74, 6) is -1.68. The Balaban J connectivity index is 3.25. The molecule has 0 aliphatic carbocycles. The molecule has 1 saturated heterocycles. The molecule has 9 heteroatoms. The summed E-state index contributed by atoms with van der Waals surface area (Å²) in [5.41, 5.74) is 0.760. The van der Waals surface area contributed by atoms with Gasteiger partial charge in [-0.2, -0.15) is 13.2 Å². The maximum atomic E-state index is 13.5. The highest BCUT2D eigenvalue weighted by molar-refractivity contribution is 5.98. The molecule has 1 aliphatic heterocycles. The third kappa shape index (κ3) is 9.19. The largest absolute Gasteiger partial charge is 0.415 e. The van der Waals surface area contributed by atoms with Gasteiger partial charge < -0.3 is 10.1 Å². The highest BCUT2D eigenvalue weighted by atomic mass is 19.4. The van der Waals surface area contributed by atoms with Crippen LogP contribution in [0.4, 0.5) is 13.2 Å². The molecule has 1 rings (SSSR count). The lowest BCUT2D eigenvalue weighted by Crippen LogP contribution is -2.53. The number of amides is 1. The van der Waals surface area contributed by atoms with E-state index in [-0.39, 0.29) is 35.2 Å². The van der Waals surface area contributed by atoms with Crippen molar-refractivity contribution in [2.24, 2.45) is 32.7 Å². The number of carbonyl (C=O) groups excluding carboxylic acids is 1. The van der Waals surface area contributed by atoms with Crippen molar-refractivity contribution < 1.29 is 22.7 Å². The zero-order valence-corrected chi connectivity index (χ0v) is 22.6. The van der Waals surface area contributed by atoms with Crippen LogP contribution in [0.25, 0.3) is 0 Å². The average Bonchev–Trinajstić information content (AvgIpc) is 3.12. The lowest BCUT2D eigenvalue weighted by Gasteiger charge is -2.38. The van der Waals surface area contributed by atoms with Crippen LogP contribution < -0.4 is 10.6 Å². The number of guanidine groups is 1. The van der Waals surface area contributed by atoms with E-state index in [0.717, 1.165) is 12.1 Å². The standard InChI is InChI=1S/C25H45F3N4O2/c1-11-24(8,9)17(4)19(12-15(2)29-10)31-22(30-14-23(5,6)7)32-21(33)18-13-16(3)34-20(18)25(26,27)28/h16-20H,11-14H2,1-10H3,(H2,30,31,32,33). The summed E-state index contributed by atoms with van der Waals surface area (Å²) >= 11 is 0. The van der Waals surface area contributed by atoms with Gasteiger partial charge in [0, 0.05) is 31.8 Å². The third-order valence-electron chi connectivity index (χ3n) is 6.91. The smallest absolute Gasteiger partial charge is 0.365 e. The Morgan fingerprint density at radius 3 is 2.24 bits per heavy atom. The fourth-order valence-corrected chi connectivity index (χ4v) is 3.88. The molecule has 0 bridgehead atoms. The van der Waals surface area contributed by atoms with Crippen LogP contribution in [0.2, 0.25) is 0 Å². The van der Waals surface area contributed by atoms with Crippen LogP contribution >= 0.6 is 0 Å². The van der Waals surface area contributed by atoms with Crippen LogP contribution in [-0.2, 0) is 9.53 Å². The first-order chi connectivity index (χ1) is 15.4. The van der Waals surface area contributed by atoms with Crippen LogP contribution in [-0.4, -0.2) is 55.6 Å². The Labute approximate surface area is 203 Å². The lowest BCUT2D eigenvalue weighted by molar-refractivity contribution is -0.222. The van der Waals surface area contributed by atoms with E-state index in [2.05, 4.69) is 48.3 Å². The van der Waals surface area contributed by atoms with Gasteiger partial charge in [-0.15, -0.1) is 0 Å². The van der Waals surface area contributed by atoms with Crippen LogP contribution in [0.1, 0.15) is 81.6 Å². The molecule has 6 nitrogen and oxygen atoms in total. The summed E-state index contributed by atoms with van der Waals surface area (Å²) in [7, 11) is 1.73. The van der Waals surface area contributed by atoms with E-state index in [1.54, 1.807) is 14.0 Å². The number of ether oxygens (including phenoxy) is 1. The zero-order valence-electron chi connectivity index (χ0n) is 22.6. The van der Waals surface area contributed by atoms with E-state index in [9.17, 15) is 18.0 Å². The van der Waals surface area contributed by atoms with E-state index in [1.807, 2.05) is 27.7 Å². The first-order valence-corrected chi connectivity index (χ1v) is 12.2. The molecule has 0 saturated carbocycles. The summed E-state index contributed by atoms with van der Waals surface area (Å²) in [4.78, 5) is 21.9. The molecule has 5 atom stereocenters. The monoisotopic (exact) mass is 490 g/mol. The van der Waals surface area contributed by atoms with Gasteiger partial charge in [0.2, 0.25) is 5.91 Å². The first kappa shape index (κ1) is 30.4. The molecule has 0 spiro atoms. The van der Waals surface area contributed by atoms with Crippen molar-refractivity contribution >= 4 is 17.6 Å². The SMILES string of the molecule is CCC(C)(C)C(C)C(CC(C)=NC)NC(=NCC(C)(C)C)NC(=O)C1CC(C)OC1C(F)(F)F. The number of halogens is 3. The highest BCUT2D eigenvalue weighted by Gasteiger charge is 2.53. The molecule has 1 aliphatic rings. The lowest BCUT2D eigenvalue weighted by atomic mass is 9.73. The van der Waals surface area contributed by atoms with Crippen molar-refractivity contribution in [3.63, 3.8) is 0 Å². The minimum atomic E-state index is -4.61. The molecule has 1 heterocycles.